The third-order valence-electron chi connectivity index (χ3n) is 6.24. The van der Waals surface area contributed by atoms with E-state index >= 15 is 0 Å². The highest BCUT2D eigenvalue weighted by Gasteiger charge is 2.25. The number of benzene rings is 1. The van der Waals surface area contributed by atoms with Crippen LogP contribution in [0.3, 0.4) is 0 Å². The molecule has 4 heteroatoms. The van der Waals surface area contributed by atoms with Gasteiger partial charge in [-0.2, -0.15) is 0 Å². The molecule has 2 amide bonds. The fourth-order valence-electron chi connectivity index (χ4n) is 4.20. The summed E-state index contributed by atoms with van der Waals surface area (Å²) in [5.41, 5.74) is 4.19. The SMILES string of the molecule is CCCCCC(=O)N1C2=C(C#Cc3ccccc31)CCC=C2.CCCCCC(C)(C)CNC=O. The van der Waals surface area contributed by atoms with E-state index in [-0.39, 0.29) is 11.3 Å². The summed E-state index contributed by atoms with van der Waals surface area (Å²) in [6, 6.07) is 7.95. The second-order valence-electron chi connectivity index (χ2n) is 9.88. The van der Waals surface area contributed by atoms with Crippen LogP contribution in [0.1, 0.15) is 97.5 Å². The van der Waals surface area contributed by atoms with E-state index in [0.29, 0.717) is 6.42 Å². The molecule has 0 saturated heterocycles. The lowest BCUT2D eigenvalue weighted by Gasteiger charge is -2.27. The number of amides is 2. The number of carbonyl (C=O) groups is 2. The lowest BCUT2D eigenvalue weighted by atomic mass is 9.87. The molecule has 0 spiro atoms. The van der Waals surface area contributed by atoms with Crippen LogP contribution in [0.4, 0.5) is 5.69 Å². The second kappa shape index (κ2) is 14.5. The largest absolute Gasteiger partial charge is 0.358 e. The van der Waals surface area contributed by atoms with Crippen molar-refractivity contribution in [3.05, 3.63) is 53.3 Å². The Morgan fingerprint density at radius 3 is 2.56 bits per heavy atom. The van der Waals surface area contributed by atoms with Crippen molar-refractivity contribution in [1.82, 2.24) is 5.32 Å². The van der Waals surface area contributed by atoms with Gasteiger partial charge in [0.1, 0.15) is 0 Å². The molecule has 2 aliphatic rings. The third-order valence-corrected chi connectivity index (χ3v) is 6.24. The Balaban J connectivity index is 0.000000292. The lowest BCUT2D eigenvalue weighted by Crippen LogP contribution is -2.31. The standard InChI is InChI=1S/C20H21NO.C10H21NO/c1-2-3-4-13-20(22)21-18-11-7-5-9-16(18)14-15-17-10-6-8-12-19(17)21;1-4-5-6-7-10(2,3)8-11-9-12/h5,7-9,11-12H,2-4,6,10,13H2,1H3;9H,4-8H2,1-3H3,(H,11,12). The van der Waals surface area contributed by atoms with Crippen LogP contribution in [-0.2, 0) is 9.59 Å². The highest BCUT2D eigenvalue weighted by atomic mass is 16.2. The molecule has 1 aromatic carbocycles. The van der Waals surface area contributed by atoms with Crippen molar-refractivity contribution in [3.63, 3.8) is 0 Å². The lowest BCUT2D eigenvalue weighted by molar-refractivity contribution is -0.118. The summed E-state index contributed by atoms with van der Waals surface area (Å²) in [5.74, 6) is 6.69. The molecule has 0 saturated carbocycles. The Bertz CT molecular complexity index is 931. The molecule has 3 rings (SSSR count). The number of para-hydroxylation sites is 1. The van der Waals surface area contributed by atoms with Gasteiger partial charge in [0.2, 0.25) is 12.3 Å². The molecule has 34 heavy (non-hydrogen) atoms. The Labute approximate surface area is 206 Å². The van der Waals surface area contributed by atoms with Crippen molar-refractivity contribution in [2.75, 3.05) is 11.4 Å². The van der Waals surface area contributed by atoms with Crippen LogP contribution in [0.2, 0.25) is 0 Å². The molecular weight excluding hydrogens is 420 g/mol. The Hall–Kier alpha value is -2.80. The predicted octanol–water partition coefficient (Wildman–Crippen LogP) is 6.91. The summed E-state index contributed by atoms with van der Waals surface area (Å²) in [7, 11) is 0. The van der Waals surface area contributed by atoms with Crippen molar-refractivity contribution < 1.29 is 9.59 Å². The minimum Gasteiger partial charge on any atom is -0.358 e. The maximum Gasteiger partial charge on any atom is 0.231 e. The van der Waals surface area contributed by atoms with Gasteiger partial charge in [0.05, 0.1) is 11.4 Å². The van der Waals surface area contributed by atoms with Crippen LogP contribution < -0.4 is 10.2 Å². The molecule has 0 unspecified atom stereocenters. The van der Waals surface area contributed by atoms with Crippen LogP contribution >= 0.6 is 0 Å². The smallest absolute Gasteiger partial charge is 0.231 e. The van der Waals surface area contributed by atoms with E-state index < -0.39 is 0 Å². The number of fused-ring (bicyclic) bond motifs is 1. The van der Waals surface area contributed by atoms with E-state index in [1.165, 1.54) is 25.7 Å². The minimum absolute atomic E-state index is 0.172. The van der Waals surface area contributed by atoms with Crippen molar-refractivity contribution in [2.45, 2.75) is 91.9 Å². The van der Waals surface area contributed by atoms with Gasteiger partial charge in [-0.3, -0.25) is 14.5 Å². The predicted molar refractivity (Wildman–Crippen MR) is 142 cm³/mol. The van der Waals surface area contributed by atoms with Crippen LogP contribution in [-0.4, -0.2) is 18.9 Å². The van der Waals surface area contributed by atoms with Crippen LogP contribution in [0.15, 0.2) is 47.7 Å². The second-order valence-corrected chi connectivity index (χ2v) is 9.88. The van der Waals surface area contributed by atoms with Gasteiger partial charge in [0.25, 0.3) is 0 Å². The molecule has 0 fully saturated rings. The average Bonchev–Trinajstić information content (AvgIpc) is 3.00. The number of rotatable bonds is 11. The summed E-state index contributed by atoms with van der Waals surface area (Å²) >= 11 is 0. The van der Waals surface area contributed by atoms with Crippen LogP contribution in [0.25, 0.3) is 0 Å². The maximum atomic E-state index is 12.8. The van der Waals surface area contributed by atoms with Crippen molar-refractivity contribution in [2.24, 2.45) is 5.41 Å². The number of nitrogens with one attached hydrogen (secondary N) is 1. The normalized spacial score (nSPS) is 14.1. The monoisotopic (exact) mass is 462 g/mol. The minimum atomic E-state index is 0.172. The zero-order chi connectivity index (χ0) is 24.8. The molecule has 1 aromatic rings. The number of hydrogen-bond donors (Lipinski definition) is 1. The summed E-state index contributed by atoms with van der Waals surface area (Å²) in [6.07, 6.45) is 15.7. The number of unbranched alkanes of at least 4 members (excludes halogenated alkanes) is 4. The molecule has 184 valence electrons. The molecule has 0 atom stereocenters. The zero-order valence-corrected chi connectivity index (χ0v) is 21.6. The van der Waals surface area contributed by atoms with Gasteiger partial charge in [-0.05, 0) is 49.3 Å². The van der Waals surface area contributed by atoms with Gasteiger partial charge in [-0.15, -0.1) is 0 Å². The molecule has 0 aromatic heterocycles. The average molecular weight is 463 g/mol. The van der Waals surface area contributed by atoms with Crippen molar-refractivity contribution in [1.29, 1.82) is 0 Å². The first-order chi connectivity index (χ1) is 16.4. The van der Waals surface area contributed by atoms with Gasteiger partial charge in [0.15, 0.2) is 0 Å². The summed E-state index contributed by atoms with van der Waals surface area (Å²) in [5, 5.41) is 2.73. The maximum absolute atomic E-state index is 12.8. The number of hydrogen-bond acceptors (Lipinski definition) is 2. The molecule has 0 bridgehead atoms. The highest BCUT2D eigenvalue weighted by Crippen LogP contribution is 2.32. The van der Waals surface area contributed by atoms with Crippen molar-refractivity contribution >= 4 is 18.0 Å². The fourth-order valence-corrected chi connectivity index (χ4v) is 4.20. The van der Waals surface area contributed by atoms with Gasteiger partial charge in [0, 0.05) is 24.1 Å². The van der Waals surface area contributed by atoms with E-state index in [4.69, 9.17) is 0 Å². The highest BCUT2D eigenvalue weighted by molar-refractivity contribution is 5.99. The van der Waals surface area contributed by atoms with Gasteiger partial charge in [-0.25, -0.2) is 0 Å². The Morgan fingerprint density at radius 2 is 1.82 bits per heavy atom. The summed E-state index contributed by atoms with van der Waals surface area (Å²) in [6.45, 7) is 9.54. The zero-order valence-electron chi connectivity index (χ0n) is 21.6. The van der Waals surface area contributed by atoms with E-state index in [0.717, 1.165) is 67.6 Å². The van der Waals surface area contributed by atoms with Gasteiger partial charge < -0.3 is 5.32 Å². The molecule has 1 aliphatic heterocycles. The number of anilines is 1. The first-order valence-corrected chi connectivity index (χ1v) is 12.9. The first-order valence-electron chi connectivity index (χ1n) is 12.9. The molecule has 1 N–H and O–H groups in total. The molecule has 4 nitrogen and oxygen atoms in total. The first kappa shape index (κ1) is 27.4. The molecule has 1 heterocycles. The van der Waals surface area contributed by atoms with Gasteiger partial charge >= 0.3 is 0 Å². The quantitative estimate of drug-likeness (QED) is 0.221. The van der Waals surface area contributed by atoms with Crippen molar-refractivity contribution in [3.8, 4) is 11.8 Å². The molecule has 1 aliphatic carbocycles. The van der Waals surface area contributed by atoms with Crippen LogP contribution in [0, 0.1) is 17.3 Å². The summed E-state index contributed by atoms with van der Waals surface area (Å²) in [4.78, 5) is 24.8. The fraction of sp³-hybridized carbons (Fsp3) is 0.533. The molecular formula is C30H42N2O2. The van der Waals surface area contributed by atoms with E-state index in [9.17, 15) is 9.59 Å². The van der Waals surface area contributed by atoms with E-state index in [1.54, 1.807) is 0 Å². The van der Waals surface area contributed by atoms with E-state index in [2.05, 4.69) is 57.0 Å². The Morgan fingerprint density at radius 1 is 1.09 bits per heavy atom. The van der Waals surface area contributed by atoms with E-state index in [1.807, 2.05) is 29.2 Å². The number of allylic oxidation sites excluding steroid dienone is 3. The number of carbonyl (C=O) groups excluding carboxylic acids is 2. The Kier molecular flexibility index (Phi) is 11.7. The number of nitrogens with zero attached hydrogens (tertiary/aromatic N) is 1. The molecule has 0 radical (unpaired) electrons. The summed E-state index contributed by atoms with van der Waals surface area (Å²) < 4.78 is 0. The van der Waals surface area contributed by atoms with Gasteiger partial charge in [-0.1, -0.05) is 89.8 Å². The third kappa shape index (κ3) is 8.52. The topological polar surface area (TPSA) is 49.4 Å². The van der Waals surface area contributed by atoms with Crippen LogP contribution in [0.5, 0.6) is 0 Å².